The van der Waals surface area contributed by atoms with Crippen molar-refractivity contribution in [3.63, 3.8) is 0 Å². The number of rotatable bonds is 7. The first-order valence-corrected chi connectivity index (χ1v) is 12.8. The van der Waals surface area contributed by atoms with Crippen molar-refractivity contribution in [1.82, 2.24) is 14.3 Å². The predicted octanol–water partition coefficient (Wildman–Crippen LogP) is 7.66. The van der Waals surface area contributed by atoms with E-state index in [0.717, 1.165) is 22.5 Å². The standard InChI is InChI=1S/C25H24N8S2/c1-14-11-15(2)20(16(3)12-14)28-23-21(31-32-24-30-25(34-5)33-35-24)17(4)19(13-26)22(29-23)27-18-9-7-6-8-10-18/h6-12H,1-5H3,(H2,27,28,29). The van der Waals surface area contributed by atoms with E-state index in [-0.39, 0.29) is 0 Å². The van der Waals surface area contributed by atoms with Gasteiger partial charge in [0.2, 0.25) is 10.3 Å². The third-order valence-electron chi connectivity index (χ3n) is 5.30. The van der Waals surface area contributed by atoms with Gasteiger partial charge in [-0.25, -0.2) is 4.98 Å². The number of azo groups is 1. The molecule has 2 aromatic heterocycles. The summed E-state index contributed by atoms with van der Waals surface area (Å²) in [6, 6.07) is 16.1. The molecule has 0 saturated heterocycles. The molecule has 0 aliphatic heterocycles. The first-order valence-electron chi connectivity index (χ1n) is 10.8. The zero-order valence-electron chi connectivity index (χ0n) is 20.0. The van der Waals surface area contributed by atoms with Gasteiger partial charge in [-0.15, -0.1) is 10.2 Å². The topological polar surface area (TPSA) is 111 Å². The van der Waals surface area contributed by atoms with Crippen LogP contribution in [0.25, 0.3) is 0 Å². The number of nitrogens with one attached hydrogen (secondary N) is 2. The second-order valence-electron chi connectivity index (χ2n) is 7.92. The van der Waals surface area contributed by atoms with E-state index in [4.69, 9.17) is 4.98 Å². The van der Waals surface area contributed by atoms with Crippen molar-refractivity contribution in [2.75, 3.05) is 16.9 Å². The number of nitrogens with zero attached hydrogens (tertiary/aromatic N) is 6. The molecule has 0 radical (unpaired) electrons. The van der Waals surface area contributed by atoms with Crippen LogP contribution in [0.2, 0.25) is 0 Å². The minimum atomic E-state index is 0.396. The smallest absolute Gasteiger partial charge is 0.250 e. The lowest BCUT2D eigenvalue weighted by atomic mass is 10.0. The van der Waals surface area contributed by atoms with Crippen LogP contribution >= 0.6 is 23.3 Å². The number of benzene rings is 2. The predicted molar refractivity (Wildman–Crippen MR) is 143 cm³/mol. The molecule has 0 spiro atoms. The number of pyridine rings is 1. The molecular formula is C25H24N8S2. The van der Waals surface area contributed by atoms with Crippen molar-refractivity contribution in [1.29, 1.82) is 5.26 Å². The summed E-state index contributed by atoms with van der Waals surface area (Å²) in [6.45, 7) is 8.02. The fourth-order valence-corrected chi connectivity index (χ4v) is 4.75. The fraction of sp³-hybridized carbons (Fsp3) is 0.200. The van der Waals surface area contributed by atoms with Crippen molar-refractivity contribution < 1.29 is 0 Å². The second-order valence-corrected chi connectivity index (χ2v) is 9.43. The number of aromatic nitrogens is 3. The fourth-order valence-electron chi connectivity index (χ4n) is 3.70. The Kier molecular flexibility index (Phi) is 7.39. The van der Waals surface area contributed by atoms with E-state index in [0.29, 0.717) is 38.7 Å². The minimum absolute atomic E-state index is 0.396. The van der Waals surface area contributed by atoms with Crippen LogP contribution in [0.15, 0.2) is 57.8 Å². The van der Waals surface area contributed by atoms with E-state index >= 15 is 0 Å². The molecule has 2 heterocycles. The lowest BCUT2D eigenvalue weighted by molar-refractivity contribution is 1.05. The molecule has 0 atom stereocenters. The monoisotopic (exact) mass is 500 g/mol. The maximum atomic E-state index is 9.98. The number of hydrogen-bond acceptors (Lipinski definition) is 10. The van der Waals surface area contributed by atoms with E-state index < -0.39 is 0 Å². The molecular weight excluding hydrogens is 476 g/mol. The molecule has 8 nitrogen and oxygen atoms in total. The summed E-state index contributed by atoms with van der Waals surface area (Å²) >= 11 is 2.61. The quantitative estimate of drug-likeness (QED) is 0.198. The molecule has 0 aliphatic carbocycles. The van der Waals surface area contributed by atoms with Gasteiger partial charge < -0.3 is 10.6 Å². The van der Waals surface area contributed by atoms with Crippen LogP contribution in [0, 0.1) is 39.0 Å². The summed E-state index contributed by atoms with van der Waals surface area (Å²) in [5.41, 5.74) is 6.65. The maximum Gasteiger partial charge on any atom is 0.250 e. The van der Waals surface area contributed by atoms with Gasteiger partial charge in [0.15, 0.2) is 11.6 Å². The van der Waals surface area contributed by atoms with Crippen LogP contribution in [-0.2, 0) is 0 Å². The molecule has 10 heteroatoms. The number of aryl methyl sites for hydroxylation is 3. The molecule has 2 aromatic carbocycles. The van der Waals surface area contributed by atoms with Crippen LogP contribution in [0.1, 0.15) is 27.8 Å². The summed E-state index contributed by atoms with van der Waals surface area (Å²) in [5.74, 6) is 0.939. The third-order valence-corrected chi connectivity index (χ3v) is 6.56. The van der Waals surface area contributed by atoms with Crippen LogP contribution < -0.4 is 10.6 Å². The van der Waals surface area contributed by atoms with Crippen LogP contribution in [0.5, 0.6) is 0 Å². The molecule has 0 amide bonds. The van der Waals surface area contributed by atoms with Crippen molar-refractivity contribution in [2.45, 2.75) is 32.9 Å². The minimum Gasteiger partial charge on any atom is -0.339 e. The van der Waals surface area contributed by atoms with Gasteiger partial charge in [-0.3, -0.25) is 0 Å². The van der Waals surface area contributed by atoms with E-state index in [1.165, 1.54) is 28.9 Å². The Labute approximate surface area is 212 Å². The molecule has 176 valence electrons. The largest absolute Gasteiger partial charge is 0.339 e. The van der Waals surface area contributed by atoms with Gasteiger partial charge >= 0.3 is 0 Å². The number of para-hydroxylation sites is 1. The molecule has 0 aliphatic rings. The summed E-state index contributed by atoms with van der Waals surface area (Å²) < 4.78 is 4.23. The molecule has 0 saturated carbocycles. The molecule has 0 bridgehead atoms. The highest BCUT2D eigenvalue weighted by Crippen LogP contribution is 2.38. The van der Waals surface area contributed by atoms with Gasteiger partial charge in [-0.2, -0.15) is 14.6 Å². The Morgan fingerprint density at radius 2 is 1.66 bits per heavy atom. The normalized spacial score (nSPS) is 11.0. The molecule has 0 fully saturated rings. The summed E-state index contributed by atoms with van der Waals surface area (Å²) in [6.07, 6.45) is 1.91. The van der Waals surface area contributed by atoms with Gasteiger partial charge in [-0.05, 0) is 57.2 Å². The average molecular weight is 501 g/mol. The molecule has 35 heavy (non-hydrogen) atoms. The lowest BCUT2D eigenvalue weighted by Gasteiger charge is -2.18. The van der Waals surface area contributed by atoms with Crippen molar-refractivity contribution >= 4 is 57.1 Å². The Hall–Kier alpha value is -3.81. The maximum absolute atomic E-state index is 9.98. The van der Waals surface area contributed by atoms with Gasteiger partial charge in [0, 0.05) is 28.5 Å². The highest BCUT2D eigenvalue weighted by Gasteiger charge is 2.19. The van der Waals surface area contributed by atoms with E-state index in [9.17, 15) is 5.26 Å². The molecule has 4 aromatic rings. The highest BCUT2D eigenvalue weighted by molar-refractivity contribution is 7.98. The molecule has 4 rings (SSSR count). The Bertz CT molecular complexity index is 1420. The SMILES string of the molecule is CSc1nsc(N=Nc2c(Nc3c(C)cc(C)cc3C)nc(Nc3ccccc3)c(C#N)c2C)n1. The first-order chi connectivity index (χ1) is 16.9. The second kappa shape index (κ2) is 10.6. The van der Waals surface area contributed by atoms with Crippen molar-refractivity contribution in [3.05, 3.63) is 70.3 Å². The van der Waals surface area contributed by atoms with Crippen LogP contribution in [0.3, 0.4) is 0 Å². The number of hydrogen-bond donors (Lipinski definition) is 2. The van der Waals surface area contributed by atoms with E-state index in [1.54, 1.807) is 0 Å². The third kappa shape index (κ3) is 5.48. The van der Waals surface area contributed by atoms with E-state index in [1.807, 2.05) is 57.4 Å². The van der Waals surface area contributed by atoms with Crippen LogP contribution in [0.4, 0.5) is 33.8 Å². The summed E-state index contributed by atoms with van der Waals surface area (Å²) in [5, 5.41) is 26.6. The molecule has 0 unspecified atom stereocenters. The highest BCUT2D eigenvalue weighted by atomic mass is 32.2. The van der Waals surface area contributed by atoms with Gasteiger partial charge in [-0.1, -0.05) is 47.7 Å². The summed E-state index contributed by atoms with van der Waals surface area (Å²) in [7, 11) is 0. The van der Waals surface area contributed by atoms with Gasteiger partial charge in [0.1, 0.15) is 11.8 Å². The van der Waals surface area contributed by atoms with Crippen LogP contribution in [-0.4, -0.2) is 20.6 Å². The molecule has 2 N–H and O–H groups in total. The zero-order chi connectivity index (χ0) is 24.9. The van der Waals surface area contributed by atoms with Crippen molar-refractivity contribution in [3.8, 4) is 6.07 Å². The van der Waals surface area contributed by atoms with Gasteiger partial charge in [0.05, 0.1) is 5.56 Å². The zero-order valence-corrected chi connectivity index (χ0v) is 21.7. The number of nitriles is 1. The summed E-state index contributed by atoms with van der Waals surface area (Å²) in [4.78, 5) is 9.13. The Morgan fingerprint density at radius 3 is 2.29 bits per heavy atom. The average Bonchev–Trinajstić information content (AvgIpc) is 3.30. The van der Waals surface area contributed by atoms with E-state index in [2.05, 4.69) is 55.3 Å². The Morgan fingerprint density at radius 1 is 0.943 bits per heavy atom. The number of anilines is 4. The van der Waals surface area contributed by atoms with Gasteiger partial charge in [0.25, 0.3) is 0 Å². The number of thioether (sulfide) groups is 1. The first kappa shape index (κ1) is 24.3. The lowest BCUT2D eigenvalue weighted by Crippen LogP contribution is -2.05. The van der Waals surface area contributed by atoms with Crippen molar-refractivity contribution in [2.24, 2.45) is 10.2 Å². The Balaban J connectivity index is 1.85.